The molecule has 0 heterocycles. The summed E-state index contributed by atoms with van der Waals surface area (Å²) in [5, 5.41) is 11.3. The molecule has 0 unspecified atom stereocenters. The van der Waals surface area contributed by atoms with Crippen molar-refractivity contribution in [2.45, 2.75) is 32.4 Å². The van der Waals surface area contributed by atoms with Crippen molar-refractivity contribution in [2.24, 2.45) is 5.16 Å². The molecule has 0 aromatic heterocycles. The van der Waals surface area contributed by atoms with Gasteiger partial charge in [0.15, 0.2) is 9.84 Å². The molecule has 0 aliphatic rings. The summed E-state index contributed by atoms with van der Waals surface area (Å²) in [6, 6.07) is 7.28. The Kier molecular flexibility index (Phi) is 6.01. The Hall–Kier alpha value is -1.56. The molecule has 0 saturated heterocycles. The molecule has 0 aliphatic carbocycles. The molecular weight excluding hydrogens is 278 g/mol. The SMILES string of the molecule is C/C(Cc1ccc(OCCS(=O)(=O)C(C)C)cc1)=N\O. The molecule has 0 spiro atoms. The Labute approximate surface area is 120 Å². The van der Waals surface area contributed by atoms with E-state index in [0.29, 0.717) is 17.9 Å². The van der Waals surface area contributed by atoms with Crippen molar-refractivity contribution < 1.29 is 18.4 Å². The van der Waals surface area contributed by atoms with Gasteiger partial charge < -0.3 is 9.94 Å². The zero-order valence-corrected chi connectivity index (χ0v) is 12.9. The van der Waals surface area contributed by atoms with Gasteiger partial charge in [0.25, 0.3) is 0 Å². The van der Waals surface area contributed by atoms with Gasteiger partial charge in [-0.25, -0.2) is 8.42 Å². The van der Waals surface area contributed by atoms with Crippen molar-refractivity contribution in [3.8, 4) is 5.75 Å². The topological polar surface area (TPSA) is 76.0 Å². The number of benzene rings is 1. The number of sulfone groups is 1. The number of hydrogen-bond acceptors (Lipinski definition) is 5. The van der Waals surface area contributed by atoms with Crippen LogP contribution in [0.15, 0.2) is 29.4 Å². The summed E-state index contributed by atoms with van der Waals surface area (Å²) >= 11 is 0. The van der Waals surface area contributed by atoms with E-state index in [1.807, 2.05) is 12.1 Å². The highest BCUT2D eigenvalue weighted by molar-refractivity contribution is 7.91. The summed E-state index contributed by atoms with van der Waals surface area (Å²) in [5.41, 5.74) is 1.63. The fourth-order valence-corrected chi connectivity index (χ4v) is 2.33. The van der Waals surface area contributed by atoms with Crippen LogP contribution in [0.1, 0.15) is 26.3 Å². The van der Waals surface area contributed by atoms with Gasteiger partial charge in [0.05, 0.1) is 16.7 Å². The number of hydrogen-bond donors (Lipinski definition) is 1. The summed E-state index contributed by atoms with van der Waals surface area (Å²) in [7, 11) is -3.06. The Morgan fingerprint density at radius 1 is 1.30 bits per heavy atom. The second kappa shape index (κ2) is 7.28. The normalized spacial score (nSPS) is 12.7. The average molecular weight is 299 g/mol. The van der Waals surface area contributed by atoms with Gasteiger partial charge in [-0.1, -0.05) is 17.3 Å². The lowest BCUT2D eigenvalue weighted by atomic mass is 10.1. The van der Waals surface area contributed by atoms with E-state index in [9.17, 15) is 8.42 Å². The standard InChI is InChI=1S/C14H21NO4S/c1-11(2)20(17,18)9-8-19-14-6-4-13(5-7-14)10-12(3)15-16/h4-7,11,16H,8-10H2,1-3H3/b15-12+. The molecule has 0 aliphatic heterocycles. The maximum absolute atomic E-state index is 11.6. The third-order valence-corrected chi connectivity index (χ3v) is 5.08. The molecule has 0 amide bonds. The molecule has 112 valence electrons. The van der Waals surface area contributed by atoms with Crippen molar-refractivity contribution >= 4 is 15.5 Å². The van der Waals surface area contributed by atoms with E-state index in [1.165, 1.54) is 0 Å². The first kappa shape index (κ1) is 16.5. The number of nitrogens with zero attached hydrogens (tertiary/aromatic N) is 1. The van der Waals surface area contributed by atoms with Crippen molar-refractivity contribution in [1.82, 2.24) is 0 Å². The van der Waals surface area contributed by atoms with Crippen LogP contribution in [0.25, 0.3) is 0 Å². The highest BCUT2D eigenvalue weighted by Crippen LogP contribution is 2.13. The van der Waals surface area contributed by atoms with Gasteiger partial charge in [0.1, 0.15) is 12.4 Å². The zero-order chi connectivity index (χ0) is 15.2. The molecule has 0 radical (unpaired) electrons. The van der Waals surface area contributed by atoms with Crippen LogP contribution >= 0.6 is 0 Å². The van der Waals surface area contributed by atoms with E-state index in [-0.39, 0.29) is 17.6 Å². The van der Waals surface area contributed by atoms with Gasteiger partial charge in [-0.05, 0) is 38.5 Å². The summed E-state index contributed by atoms with van der Waals surface area (Å²) in [5.74, 6) is 0.647. The second-order valence-corrected chi connectivity index (χ2v) is 7.60. The van der Waals surface area contributed by atoms with Crippen molar-refractivity contribution in [3.63, 3.8) is 0 Å². The third kappa shape index (κ3) is 5.21. The van der Waals surface area contributed by atoms with Crippen LogP contribution < -0.4 is 4.74 Å². The lowest BCUT2D eigenvalue weighted by Crippen LogP contribution is -2.22. The van der Waals surface area contributed by atoms with Crippen molar-refractivity contribution in [2.75, 3.05) is 12.4 Å². The Balaban J connectivity index is 2.50. The predicted molar refractivity (Wildman–Crippen MR) is 79.5 cm³/mol. The summed E-state index contributed by atoms with van der Waals surface area (Å²) in [4.78, 5) is 0. The Morgan fingerprint density at radius 3 is 2.40 bits per heavy atom. The highest BCUT2D eigenvalue weighted by Gasteiger charge is 2.15. The van der Waals surface area contributed by atoms with Crippen LogP contribution in [0.3, 0.4) is 0 Å². The highest BCUT2D eigenvalue weighted by atomic mass is 32.2. The van der Waals surface area contributed by atoms with Gasteiger partial charge in [-0.3, -0.25) is 0 Å². The third-order valence-electron chi connectivity index (χ3n) is 2.91. The van der Waals surface area contributed by atoms with Crippen LogP contribution in [0.4, 0.5) is 0 Å². The molecule has 1 aromatic rings. The van der Waals surface area contributed by atoms with Crippen LogP contribution in [0.2, 0.25) is 0 Å². The van der Waals surface area contributed by atoms with Gasteiger partial charge >= 0.3 is 0 Å². The van der Waals surface area contributed by atoms with Crippen LogP contribution in [0.5, 0.6) is 5.75 Å². The quantitative estimate of drug-likeness (QED) is 0.476. The molecular formula is C14H21NO4S. The fourth-order valence-electron chi connectivity index (χ4n) is 1.55. The minimum atomic E-state index is -3.06. The molecule has 6 heteroatoms. The maximum Gasteiger partial charge on any atom is 0.155 e. The lowest BCUT2D eigenvalue weighted by molar-refractivity contribution is 0.317. The Morgan fingerprint density at radius 2 is 1.90 bits per heavy atom. The van der Waals surface area contributed by atoms with E-state index in [2.05, 4.69) is 5.16 Å². The van der Waals surface area contributed by atoms with E-state index >= 15 is 0 Å². The van der Waals surface area contributed by atoms with E-state index in [1.54, 1.807) is 32.9 Å². The van der Waals surface area contributed by atoms with Gasteiger partial charge in [-0.15, -0.1) is 0 Å². The smallest absolute Gasteiger partial charge is 0.155 e. The first-order valence-corrected chi connectivity index (χ1v) is 8.17. The number of rotatable bonds is 7. The predicted octanol–water partition coefficient (Wildman–Crippen LogP) is 2.28. The number of oxime groups is 1. The lowest BCUT2D eigenvalue weighted by Gasteiger charge is -2.09. The molecule has 1 aromatic carbocycles. The van der Waals surface area contributed by atoms with E-state index in [0.717, 1.165) is 5.56 Å². The monoisotopic (exact) mass is 299 g/mol. The van der Waals surface area contributed by atoms with E-state index < -0.39 is 9.84 Å². The summed E-state index contributed by atoms with van der Waals surface area (Å²) in [6.07, 6.45) is 0.568. The molecule has 0 fully saturated rings. The molecule has 0 atom stereocenters. The summed E-state index contributed by atoms with van der Waals surface area (Å²) in [6.45, 7) is 5.21. The first-order valence-electron chi connectivity index (χ1n) is 6.46. The largest absolute Gasteiger partial charge is 0.493 e. The zero-order valence-electron chi connectivity index (χ0n) is 12.0. The maximum atomic E-state index is 11.6. The molecule has 20 heavy (non-hydrogen) atoms. The van der Waals surface area contributed by atoms with E-state index in [4.69, 9.17) is 9.94 Å². The van der Waals surface area contributed by atoms with Crippen molar-refractivity contribution in [1.29, 1.82) is 0 Å². The van der Waals surface area contributed by atoms with Gasteiger partial charge in [-0.2, -0.15) is 0 Å². The van der Waals surface area contributed by atoms with Gasteiger partial charge in [0.2, 0.25) is 0 Å². The van der Waals surface area contributed by atoms with Crippen LogP contribution in [-0.4, -0.2) is 36.9 Å². The first-order chi connectivity index (χ1) is 9.35. The summed E-state index contributed by atoms with van der Waals surface area (Å²) < 4.78 is 28.6. The van der Waals surface area contributed by atoms with Crippen molar-refractivity contribution in [3.05, 3.63) is 29.8 Å². The second-order valence-electron chi connectivity index (χ2n) is 4.92. The molecule has 0 saturated carbocycles. The minimum absolute atomic E-state index is 0.0166. The molecule has 5 nitrogen and oxygen atoms in total. The molecule has 1 N–H and O–H groups in total. The molecule has 1 rings (SSSR count). The average Bonchev–Trinajstić information content (AvgIpc) is 2.40. The Bertz CT molecular complexity index is 547. The fraction of sp³-hybridized carbons (Fsp3) is 0.500. The van der Waals surface area contributed by atoms with Crippen LogP contribution in [-0.2, 0) is 16.3 Å². The minimum Gasteiger partial charge on any atom is -0.493 e. The van der Waals surface area contributed by atoms with Gasteiger partial charge in [0, 0.05) is 6.42 Å². The number of ether oxygens (including phenoxy) is 1. The van der Waals surface area contributed by atoms with Crippen LogP contribution in [0, 0.1) is 0 Å². The molecule has 0 bridgehead atoms.